The molecule has 10 rings (SSSR count). The number of rotatable bonds is 7. The summed E-state index contributed by atoms with van der Waals surface area (Å²) < 4.78 is 6.55. The monoisotopic (exact) mass is 738 g/mol. The van der Waals surface area contributed by atoms with Crippen LogP contribution in [-0.2, 0) is 6.42 Å². The van der Waals surface area contributed by atoms with Crippen LogP contribution in [0.5, 0.6) is 0 Å². The number of aliphatic imine (C=N–C) groups is 1. The number of amidine groups is 1. The van der Waals surface area contributed by atoms with Gasteiger partial charge in [-0.2, -0.15) is 0 Å². The van der Waals surface area contributed by atoms with Gasteiger partial charge in [0.15, 0.2) is 0 Å². The van der Waals surface area contributed by atoms with Gasteiger partial charge in [-0.1, -0.05) is 146 Å². The summed E-state index contributed by atoms with van der Waals surface area (Å²) >= 11 is 0. The van der Waals surface area contributed by atoms with Crippen LogP contribution in [0.15, 0.2) is 197 Å². The van der Waals surface area contributed by atoms with Crippen molar-refractivity contribution in [3.8, 4) is 22.3 Å². The molecule has 1 aromatic heterocycles. The van der Waals surface area contributed by atoms with Crippen LogP contribution in [0.1, 0.15) is 43.7 Å². The van der Waals surface area contributed by atoms with Crippen molar-refractivity contribution in [3.63, 3.8) is 0 Å². The second-order valence-electron chi connectivity index (χ2n) is 15.0. The van der Waals surface area contributed by atoms with E-state index in [-0.39, 0.29) is 0 Å². The van der Waals surface area contributed by atoms with Gasteiger partial charge in [-0.15, -0.1) is 0 Å². The molecule has 278 valence electrons. The maximum Gasteiger partial charge on any atom is 0.143 e. The molecule has 0 fully saturated rings. The number of benzene rings is 7. The maximum atomic E-state index is 6.55. The minimum absolute atomic E-state index is 0.682. The van der Waals surface area contributed by atoms with E-state index in [2.05, 4.69) is 182 Å². The zero-order valence-corrected chi connectivity index (χ0v) is 32.4. The van der Waals surface area contributed by atoms with Crippen LogP contribution in [0.25, 0.3) is 71.3 Å². The number of furan rings is 1. The molecule has 0 aliphatic heterocycles. The van der Waals surface area contributed by atoms with Crippen molar-refractivity contribution >= 4 is 54.9 Å². The second-order valence-corrected chi connectivity index (χ2v) is 15.0. The van der Waals surface area contributed by atoms with Crippen LogP contribution in [0.3, 0.4) is 0 Å². The van der Waals surface area contributed by atoms with Crippen molar-refractivity contribution in [1.29, 1.82) is 0 Å². The predicted octanol–water partition coefficient (Wildman–Crippen LogP) is 14.2. The third-order valence-corrected chi connectivity index (χ3v) is 11.3. The Balaban J connectivity index is 0.000000166. The van der Waals surface area contributed by atoms with Crippen molar-refractivity contribution in [2.45, 2.75) is 39.0 Å². The van der Waals surface area contributed by atoms with E-state index in [1.165, 1.54) is 71.3 Å². The summed E-state index contributed by atoms with van der Waals surface area (Å²) in [5.41, 5.74) is 19.1. The molecule has 0 unspecified atom stereocenters. The summed E-state index contributed by atoms with van der Waals surface area (Å²) in [5.74, 6) is 0.682. The molecule has 3 nitrogen and oxygen atoms in total. The minimum Gasteiger partial charge on any atom is -0.455 e. The number of nitrogens with zero attached hydrogens (tertiary/aromatic N) is 1. The summed E-state index contributed by atoms with van der Waals surface area (Å²) in [6.07, 6.45) is 16.3. The molecule has 2 aliphatic carbocycles. The average molecular weight is 739 g/mol. The number of hydrogen-bond acceptors (Lipinski definition) is 2. The number of hydrogen-bond donors (Lipinski definition) is 1. The highest BCUT2D eigenvalue weighted by atomic mass is 16.3. The molecule has 57 heavy (non-hydrogen) atoms. The lowest BCUT2D eigenvalue weighted by Crippen LogP contribution is -2.17. The predicted molar refractivity (Wildman–Crippen MR) is 244 cm³/mol. The van der Waals surface area contributed by atoms with E-state index in [0.29, 0.717) is 12.4 Å². The van der Waals surface area contributed by atoms with E-state index in [0.717, 1.165) is 54.4 Å². The normalized spacial score (nSPS) is 14.3. The summed E-state index contributed by atoms with van der Waals surface area (Å²) in [4.78, 5) is 4.58. The van der Waals surface area contributed by atoms with Crippen molar-refractivity contribution in [2.75, 3.05) is 6.54 Å². The first-order chi connectivity index (χ1) is 28.1. The lowest BCUT2D eigenvalue weighted by atomic mass is 9.93. The summed E-state index contributed by atoms with van der Waals surface area (Å²) in [7, 11) is 0. The molecule has 0 radical (unpaired) electrons. The Labute approximate surface area is 334 Å². The van der Waals surface area contributed by atoms with E-state index in [1.54, 1.807) is 0 Å². The fourth-order valence-corrected chi connectivity index (χ4v) is 8.20. The summed E-state index contributed by atoms with van der Waals surface area (Å²) in [6, 6.07) is 52.0. The number of aryl methyl sites for hydroxylation is 1. The van der Waals surface area contributed by atoms with Crippen molar-refractivity contribution in [3.05, 3.63) is 198 Å². The van der Waals surface area contributed by atoms with Crippen molar-refractivity contribution in [2.24, 2.45) is 10.7 Å². The van der Waals surface area contributed by atoms with E-state index < -0.39 is 0 Å². The third-order valence-electron chi connectivity index (χ3n) is 11.3. The Morgan fingerprint density at radius 1 is 0.632 bits per heavy atom. The van der Waals surface area contributed by atoms with Gasteiger partial charge in [-0.25, -0.2) is 0 Å². The smallest absolute Gasteiger partial charge is 0.143 e. The van der Waals surface area contributed by atoms with Gasteiger partial charge in [0.2, 0.25) is 0 Å². The average Bonchev–Trinajstić information content (AvgIpc) is 3.67. The molecular weight excluding hydrogens is 693 g/mol. The summed E-state index contributed by atoms with van der Waals surface area (Å²) in [5, 5.41) is 7.41. The topological polar surface area (TPSA) is 51.5 Å². The van der Waals surface area contributed by atoms with Crippen molar-refractivity contribution < 1.29 is 4.42 Å². The number of allylic oxidation sites excluding steroid dienone is 5. The van der Waals surface area contributed by atoms with Gasteiger partial charge in [0, 0.05) is 16.3 Å². The van der Waals surface area contributed by atoms with Gasteiger partial charge >= 0.3 is 0 Å². The molecule has 7 aromatic carbocycles. The highest BCUT2D eigenvalue weighted by molar-refractivity contribution is 6.13. The van der Waals surface area contributed by atoms with Crippen LogP contribution < -0.4 is 5.73 Å². The minimum atomic E-state index is 0.682. The molecule has 0 amide bonds. The largest absolute Gasteiger partial charge is 0.455 e. The molecule has 0 saturated carbocycles. The van der Waals surface area contributed by atoms with E-state index in [4.69, 9.17) is 10.2 Å². The molecular formula is C54H46N2O. The van der Waals surface area contributed by atoms with Crippen LogP contribution in [0, 0.1) is 0 Å². The van der Waals surface area contributed by atoms with Crippen LogP contribution in [0.2, 0.25) is 0 Å². The first kappa shape index (κ1) is 36.0. The van der Waals surface area contributed by atoms with Crippen LogP contribution in [-0.4, -0.2) is 12.4 Å². The standard InChI is InChI=1S/C34H24O.C20H22N2/c1-2-22-12-7-13-32-33(22)31-21-29(27-16-14-23-8-3-5-10-25(23)18-27)20-30(34(31)35-32)28-17-15-24-9-4-6-11-26(24)19-28;21-20(22-15-16-8-3-1-4-9-16)19-13-7-12-18(14-19)17-10-5-2-6-11-17/h3-21H,2H2,1H3;2-3,5-6,8-12,14H,1,4,7,13,15H2,(H2,21,22). The fraction of sp³-hybridized carbons (Fsp3) is 0.130. The summed E-state index contributed by atoms with van der Waals surface area (Å²) in [6.45, 7) is 2.90. The van der Waals surface area contributed by atoms with Gasteiger partial charge in [0.25, 0.3) is 0 Å². The van der Waals surface area contributed by atoms with E-state index in [1.807, 2.05) is 6.07 Å². The van der Waals surface area contributed by atoms with Gasteiger partial charge in [-0.3, -0.25) is 4.99 Å². The second kappa shape index (κ2) is 16.2. The van der Waals surface area contributed by atoms with Crippen molar-refractivity contribution in [1.82, 2.24) is 0 Å². The molecule has 2 N–H and O–H groups in total. The van der Waals surface area contributed by atoms with E-state index in [9.17, 15) is 0 Å². The molecule has 0 spiro atoms. The highest BCUT2D eigenvalue weighted by Gasteiger charge is 2.18. The lowest BCUT2D eigenvalue weighted by molar-refractivity contribution is 0.670. The van der Waals surface area contributed by atoms with Gasteiger partial charge in [0.1, 0.15) is 17.0 Å². The Hall–Kier alpha value is -6.71. The van der Waals surface area contributed by atoms with Gasteiger partial charge < -0.3 is 10.2 Å². The Bertz CT molecular complexity index is 2920. The lowest BCUT2D eigenvalue weighted by Gasteiger charge is -2.14. The molecule has 0 saturated heterocycles. The third kappa shape index (κ3) is 7.62. The molecule has 0 bridgehead atoms. The number of fused-ring (bicyclic) bond motifs is 5. The number of nitrogens with two attached hydrogens (primary N) is 1. The quantitative estimate of drug-likeness (QED) is 0.131. The van der Waals surface area contributed by atoms with Gasteiger partial charge in [0.05, 0.1) is 6.54 Å². The van der Waals surface area contributed by atoms with Crippen LogP contribution in [0.4, 0.5) is 0 Å². The first-order valence-corrected chi connectivity index (χ1v) is 20.2. The maximum absolute atomic E-state index is 6.55. The zero-order chi connectivity index (χ0) is 38.6. The highest BCUT2D eigenvalue weighted by Crippen LogP contribution is 2.42. The Morgan fingerprint density at radius 2 is 1.35 bits per heavy atom. The fourth-order valence-electron chi connectivity index (χ4n) is 8.20. The SMILES string of the molecule is CCc1cccc2oc3c(-c4ccc5ccccc5c4)cc(-c4ccc5ccccc5c4)cc3c12.NC(=NCC1=CCCC=C1)C1=CC(c2ccccc2)=CCC1. The van der Waals surface area contributed by atoms with E-state index >= 15 is 0 Å². The molecule has 2 aliphatic rings. The zero-order valence-electron chi connectivity index (χ0n) is 32.4. The molecule has 1 heterocycles. The van der Waals surface area contributed by atoms with Gasteiger partial charge in [-0.05, 0) is 135 Å². The Morgan fingerprint density at radius 3 is 2.09 bits per heavy atom. The first-order valence-electron chi connectivity index (χ1n) is 20.2. The van der Waals surface area contributed by atoms with Crippen LogP contribution >= 0.6 is 0 Å². The Kier molecular flexibility index (Phi) is 10.2. The molecule has 8 aromatic rings. The molecule has 3 heteroatoms. The molecule has 0 atom stereocenters.